The van der Waals surface area contributed by atoms with Gasteiger partial charge in [0.05, 0.1) is 0 Å². The van der Waals surface area contributed by atoms with Crippen molar-refractivity contribution in [3.8, 4) is 0 Å². The molecule has 132 valence electrons. The van der Waals surface area contributed by atoms with Crippen molar-refractivity contribution in [2.24, 2.45) is 0 Å². The maximum Gasteiger partial charge on any atom is 0.123 e. The molecule has 27 heavy (non-hydrogen) atoms. The van der Waals surface area contributed by atoms with Crippen LogP contribution in [-0.2, 0) is 0 Å². The normalized spacial score (nSPS) is 11.8. The van der Waals surface area contributed by atoms with Gasteiger partial charge in [0.1, 0.15) is 5.82 Å². The minimum Gasteiger partial charge on any atom is -0.355 e. The molecule has 0 radical (unpaired) electrons. The lowest BCUT2D eigenvalue weighted by Gasteiger charge is -1.98. The van der Waals surface area contributed by atoms with Crippen molar-refractivity contribution in [3.05, 3.63) is 107 Å². The second kappa shape index (κ2) is 7.46. The van der Waals surface area contributed by atoms with Gasteiger partial charge in [-0.05, 0) is 42.3 Å². The third-order valence-electron chi connectivity index (χ3n) is 4.61. The number of hydrogen-bond donors (Lipinski definition) is 1. The molecule has 0 saturated carbocycles. The summed E-state index contributed by atoms with van der Waals surface area (Å²) in [5.74, 6) is -0.223. The molecule has 1 N–H and O–H groups in total. The quantitative estimate of drug-likeness (QED) is 0.408. The summed E-state index contributed by atoms with van der Waals surface area (Å²) in [6.07, 6.45) is 8.31. The molecular weight excluding hydrogens is 333 g/mol. The van der Waals surface area contributed by atoms with Crippen LogP contribution in [0.15, 0.2) is 72.8 Å². The summed E-state index contributed by atoms with van der Waals surface area (Å²) in [7, 11) is 0. The highest BCUT2D eigenvalue weighted by Gasteiger charge is 2.06. The predicted octanol–water partition coefficient (Wildman–Crippen LogP) is 6.96. The number of aromatic amines is 1. The third-order valence-corrected chi connectivity index (χ3v) is 4.61. The fourth-order valence-corrected chi connectivity index (χ4v) is 3.11. The van der Waals surface area contributed by atoms with E-state index < -0.39 is 0 Å². The summed E-state index contributed by atoms with van der Waals surface area (Å²) in [6, 6.07) is 23.2. The molecular formula is C25H20FN. The average molecular weight is 353 g/mol. The number of hydrogen-bond acceptors (Lipinski definition) is 0. The Morgan fingerprint density at radius 1 is 0.704 bits per heavy atom. The van der Waals surface area contributed by atoms with Crippen molar-refractivity contribution < 1.29 is 4.39 Å². The van der Waals surface area contributed by atoms with E-state index in [9.17, 15) is 4.39 Å². The summed E-state index contributed by atoms with van der Waals surface area (Å²) in [5.41, 5.74) is 6.65. The van der Waals surface area contributed by atoms with Gasteiger partial charge < -0.3 is 4.98 Å². The van der Waals surface area contributed by atoms with Crippen molar-refractivity contribution in [2.75, 3.05) is 0 Å². The topological polar surface area (TPSA) is 15.8 Å². The number of aromatic nitrogens is 1. The van der Waals surface area contributed by atoms with Gasteiger partial charge in [0, 0.05) is 22.2 Å². The van der Waals surface area contributed by atoms with Crippen molar-refractivity contribution >= 4 is 35.2 Å². The Morgan fingerprint density at radius 3 is 2.07 bits per heavy atom. The molecule has 2 heteroatoms. The predicted molar refractivity (Wildman–Crippen MR) is 114 cm³/mol. The molecule has 0 spiro atoms. The zero-order valence-electron chi connectivity index (χ0n) is 15.1. The van der Waals surface area contributed by atoms with E-state index in [1.54, 1.807) is 12.1 Å². The number of benzene rings is 3. The molecule has 4 aromatic rings. The smallest absolute Gasteiger partial charge is 0.123 e. The molecule has 0 aliphatic rings. The van der Waals surface area contributed by atoms with Gasteiger partial charge in [-0.25, -0.2) is 4.39 Å². The zero-order chi connectivity index (χ0) is 18.6. The van der Waals surface area contributed by atoms with E-state index in [1.807, 2.05) is 24.3 Å². The second-order valence-electron chi connectivity index (χ2n) is 6.63. The van der Waals surface area contributed by atoms with Crippen LogP contribution in [0.4, 0.5) is 4.39 Å². The summed E-state index contributed by atoms with van der Waals surface area (Å²) in [4.78, 5) is 3.48. The van der Waals surface area contributed by atoms with Crippen LogP contribution < -0.4 is 0 Å². The molecule has 0 amide bonds. The van der Waals surface area contributed by atoms with E-state index in [2.05, 4.69) is 60.5 Å². The number of aryl methyl sites for hydroxylation is 1. The van der Waals surface area contributed by atoms with E-state index in [4.69, 9.17) is 0 Å². The van der Waals surface area contributed by atoms with Gasteiger partial charge in [0.15, 0.2) is 0 Å². The minimum atomic E-state index is -0.223. The first-order valence-electron chi connectivity index (χ1n) is 8.98. The van der Waals surface area contributed by atoms with Gasteiger partial charge in [-0.15, -0.1) is 0 Å². The SMILES string of the molecule is Cc1ccc(/C=C/c2c(/C=C/c3ccc(F)cc3)[nH]c3ccccc23)cc1. The lowest BCUT2D eigenvalue weighted by molar-refractivity contribution is 0.628. The van der Waals surface area contributed by atoms with Crippen LogP contribution in [0.2, 0.25) is 0 Å². The Kier molecular flexibility index (Phi) is 4.71. The molecule has 1 nitrogen and oxygen atoms in total. The van der Waals surface area contributed by atoms with Crippen molar-refractivity contribution in [2.45, 2.75) is 6.92 Å². The molecule has 0 unspecified atom stereocenters. The molecule has 0 aliphatic carbocycles. The van der Waals surface area contributed by atoms with Crippen LogP contribution in [0, 0.1) is 12.7 Å². The molecule has 1 heterocycles. The molecule has 3 aromatic carbocycles. The van der Waals surface area contributed by atoms with E-state index in [0.717, 1.165) is 22.3 Å². The van der Waals surface area contributed by atoms with Crippen LogP contribution in [0.1, 0.15) is 27.9 Å². The Labute approximate surface area is 158 Å². The highest BCUT2D eigenvalue weighted by Crippen LogP contribution is 2.26. The van der Waals surface area contributed by atoms with Crippen molar-refractivity contribution in [1.29, 1.82) is 0 Å². The molecule has 4 rings (SSSR count). The van der Waals surface area contributed by atoms with E-state index in [0.29, 0.717) is 0 Å². The monoisotopic (exact) mass is 353 g/mol. The van der Waals surface area contributed by atoms with Gasteiger partial charge in [-0.3, -0.25) is 0 Å². The molecule has 0 atom stereocenters. The van der Waals surface area contributed by atoms with Gasteiger partial charge in [-0.2, -0.15) is 0 Å². The number of nitrogens with one attached hydrogen (secondary N) is 1. The first-order chi connectivity index (χ1) is 13.2. The zero-order valence-corrected chi connectivity index (χ0v) is 15.1. The molecule has 0 saturated heterocycles. The van der Waals surface area contributed by atoms with E-state index >= 15 is 0 Å². The number of rotatable bonds is 4. The first-order valence-corrected chi connectivity index (χ1v) is 8.98. The standard InChI is InChI=1S/C25H20FN/c1-18-6-8-19(9-7-18)12-16-23-22-4-2-3-5-24(22)27-25(23)17-13-20-10-14-21(26)15-11-20/h2-17,27H,1H3/b16-12+,17-13+. The van der Waals surface area contributed by atoms with Crippen LogP contribution in [0.25, 0.3) is 35.2 Å². The molecule has 1 aromatic heterocycles. The van der Waals surface area contributed by atoms with Crippen LogP contribution in [0.3, 0.4) is 0 Å². The van der Waals surface area contributed by atoms with Crippen LogP contribution in [-0.4, -0.2) is 4.98 Å². The number of halogens is 1. The molecule has 0 bridgehead atoms. The summed E-state index contributed by atoms with van der Waals surface area (Å²) >= 11 is 0. The van der Waals surface area contributed by atoms with Crippen molar-refractivity contribution in [3.63, 3.8) is 0 Å². The molecule has 0 fully saturated rings. The summed E-state index contributed by atoms with van der Waals surface area (Å²) in [5, 5.41) is 1.18. The highest BCUT2D eigenvalue weighted by molar-refractivity contribution is 5.96. The van der Waals surface area contributed by atoms with Gasteiger partial charge in [0.2, 0.25) is 0 Å². The second-order valence-corrected chi connectivity index (χ2v) is 6.63. The fraction of sp³-hybridized carbons (Fsp3) is 0.0400. The fourth-order valence-electron chi connectivity index (χ4n) is 3.11. The number of para-hydroxylation sites is 1. The first kappa shape index (κ1) is 17.0. The Morgan fingerprint density at radius 2 is 1.33 bits per heavy atom. The van der Waals surface area contributed by atoms with E-state index in [1.165, 1.54) is 28.6 Å². The summed E-state index contributed by atoms with van der Waals surface area (Å²) < 4.78 is 13.1. The van der Waals surface area contributed by atoms with Gasteiger partial charge in [-0.1, -0.05) is 78.4 Å². The molecule has 0 aliphatic heterocycles. The average Bonchev–Trinajstić information content (AvgIpc) is 3.05. The van der Waals surface area contributed by atoms with Crippen LogP contribution in [0.5, 0.6) is 0 Å². The summed E-state index contributed by atoms with van der Waals surface area (Å²) in [6.45, 7) is 2.09. The van der Waals surface area contributed by atoms with E-state index in [-0.39, 0.29) is 5.82 Å². The lowest BCUT2D eigenvalue weighted by atomic mass is 10.1. The Balaban J connectivity index is 1.72. The van der Waals surface area contributed by atoms with Gasteiger partial charge >= 0.3 is 0 Å². The highest BCUT2D eigenvalue weighted by atomic mass is 19.1. The Hall–Kier alpha value is -3.39. The number of H-pyrrole nitrogens is 1. The van der Waals surface area contributed by atoms with Crippen molar-refractivity contribution in [1.82, 2.24) is 4.98 Å². The largest absolute Gasteiger partial charge is 0.355 e. The Bertz CT molecular complexity index is 1110. The third kappa shape index (κ3) is 3.90. The maximum absolute atomic E-state index is 13.1. The maximum atomic E-state index is 13.1. The lowest BCUT2D eigenvalue weighted by Crippen LogP contribution is -1.79. The van der Waals surface area contributed by atoms with Crippen LogP contribution >= 0.6 is 0 Å². The minimum absolute atomic E-state index is 0.223. The number of fused-ring (bicyclic) bond motifs is 1. The van der Waals surface area contributed by atoms with Gasteiger partial charge in [0.25, 0.3) is 0 Å².